The number of amides is 2. The van der Waals surface area contributed by atoms with Crippen LogP contribution in [-0.4, -0.2) is 18.4 Å². The molecule has 2 rings (SSSR count). The van der Waals surface area contributed by atoms with Gasteiger partial charge in [0.15, 0.2) is 0 Å². The molecule has 2 amide bonds. The molecule has 0 saturated heterocycles. The van der Waals surface area contributed by atoms with E-state index < -0.39 is 0 Å². The monoisotopic (exact) mass is 353 g/mol. The smallest absolute Gasteiger partial charge is 0.243 e. The molecule has 0 saturated carbocycles. The number of benzene rings is 2. The molecule has 0 spiro atoms. The molecule has 2 aromatic rings. The normalized spacial score (nSPS) is 10.3. The standard InChI is InChI=1S/C21H27N3O2/c1-5-16-9-7-8-15(4)21(16)24-20(26)13-22-17-11-10-14(3)18(12-17)23-19(25)6-2/h7-12,22H,5-6,13H2,1-4H3,(H,23,25)(H,24,26). The average molecular weight is 353 g/mol. The molecule has 0 heterocycles. The molecule has 2 aromatic carbocycles. The third kappa shape index (κ3) is 5.09. The summed E-state index contributed by atoms with van der Waals surface area (Å²) in [6, 6.07) is 11.7. The average Bonchev–Trinajstić information content (AvgIpc) is 2.63. The molecule has 0 aromatic heterocycles. The van der Waals surface area contributed by atoms with Crippen LogP contribution in [0.5, 0.6) is 0 Å². The molecular formula is C21H27N3O2. The molecule has 138 valence electrons. The number of anilines is 3. The maximum atomic E-state index is 12.3. The van der Waals surface area contributed by atoms with Crippen molar-refractivity contribution in [3.63, 3.8) is 0 Å². The lowest BCUT2D eigenvalue weighted by molar-refractivity contribution is -0.116. The van der Waals surface area contributed by atoms with Gasteiger partial charge in [0.2, 0.25) is 11.8 Å². The van der Waals surface area contributed by atoms with E-state index in [4.69, 9.17) is 0 Å². The van der Waals surface area contributed by atoms with Crippen molar-refractivity contribution in [3.8, 4) is 0 Å². The Hall–Kier alpha value is -2.82. The first-order valence-corrected chi connectivity index (χ1v) is 8.97. The summed E-state index contributed by atoms with van der Waals surface area (Å²) in [7, 11) is 0. The third-order valence-corrected chi connectivity index (χ3v) is 4.29. The molecule has 0 fully saturated rings. The van der Waals surface area contributed by atoms with Gasteiger partial charge in [-0.1, -0.05) is 38.1 Å². The number of para-hydroxylation sites is 1. The SMILES string of the molecule is CCC(=O)Nc1cc(NCC(=O)Nc2c(C)cccc2CC)ccc1C. The summed E-state index contributed by atoms with van der Waals surface area (Å²) in [6.07, 6.45) is 1.29. The van der Waals surface area contributed by atoms with Gasteiger partial charge in [-0.05, 0) is 49.1 Å². The largest absolute Gasteiger partial charge is 0.376 e. The van der Waals surface area contributed by atoms with Crippen LogP contribution in [0.4, 0.5) is 17.1 Å². The van der Waals surface area contributed by atoms with Gasteiger partial charge in [0, 0.05) is 23.5 Å². The van der Waals surface area contributed by atoms with Gasteiger partial charge in [0.05, 0.1) is 6.54 Å². The molecular weight excluding hydrogens is 326 g/mol. The summed E-state index contributed by atoms with van der Waals surface area (Å²) in [6.45, 7) is 7.97. The van der Waals surface area contributed by atoms with Crippen LogP contribution < -0.4 is 16.0 Å². The number of rotatable bonds is 7. The summed E-state index contributed by atoms with van der Waals surface area (Å²) in [4.78, 5) is 23.9. The van der Waals surface area contributed by atoms with Crippen LogP contribution in [0, 0.1) is 13.8 Å². The van der Waals surface area contributed by atoms with Crippen molar-refractivity contribution in [2.24, 2.45) is 0 Å². The van der Waals surface area contributed by atoms with Crippen LogP contribution in [0.3, 0.4) is 0 Å². The molecule has 0 aliphatic rings. The van der Waals surface area contributed by atoms with Crippen LogP contribution in [-0.2, 0) is 16.0 Å². The Morgan fingerprint density at radius 2 is 1.69 bits per heavy atom. The van der Waals surface area contributed by atoms with E-state index in [1.807, 2.05) is 57.2 Å². The Labute approximate surface area is 155 Å². The van der Waals surface area contributed by atoms with Gasteiger partial charge in [-0.25, -0.2) is 0 Å². The molecule has 5 nitrogen and oxygen atoms in total. The highest BCUT2D eigenvalue weighted by atomic mass is 16.2. The van der Waals surface area contributed by atoms with Gasteiger partial charge in [0.25, 0.3) is 0 Å². The van der Waals surface area contributed by atoms with Crippen molar-refractivity contribution >= 4 is 28.9 Å². The van der Waals surface area contributed by atoms with Gasteiger partial charge in [0.1, 0.15) is 0 Å². The zero-order valence-corrected chi connectivity index (χ0v) is 15.9. The van der Waals surface area contributed by atoms with Gasteiger partial charge >= 0.3 is 0 Å². The Morgan fingerprint density at radius 1 is 0.923 bits per heavy atom. The molecule has 5 heteroatoms. The van der Waals surface area contributed by atoms with Crippen LogP contribution in [0.1, 0.15) is 37.0 Å². The highest BCUT2D eigenvalue weighted by molar-refractivity contribution is 5.95. The van der Waals surface area contributed by atoms with E-state index in [2.05, 4.69) is 22.9 Å². The minimum absolute atomic E-state index is 0.0327. The van der Waals surface area contributed by atoms with Crippen molar-refractivity contribution in [1.29, 1.82) is 0 Å². The van der Waals surface area contributed by atoms with E-state index in [1.165, 1.54) is 0 Å². The highest BCUT2D eigenvalue weighted by Crippen LogP contribution is 2.22. The second kappa shape index (κ2) is 9.04. The van der Waals surface area contributed by atoms with E-state index in [0.29, 0.717) is 6.42 Å². The molecule has 0 atom stereocenters. The van der Waals surface area contributed by atoms with E-state index in [0.717, 1.165) is 40.2 Å². The number of aryl methyl sites for hydroxylation is 3. The number of hydrogen-bond donors (Lipinski definition) is 3. The van der Waals surface area contributed by atoms with Crippen LogP contribution in [0.25, 0.3) is 0 Å². The highest BCUT2D eigenvalue weighted by Gasteiger charge is 2.09. The molecule has 0 radical (unpaired) electrons. The van der Waals surface area contributed by atoms with E-state index in [9.17, 15) is 9.59 Å². The van der Waals surface area contributed by atoms with Crippen molar-refractivity contribution in [2.45, 2.75) is 40.5 Å². The molecule has 0 aliphatic heterocycles. The summed E-state index contributed by atoms with van der Waals surface area (Å²) in [5.74, 6) is -0.136. The minimum atomic E-state index is -0.103. The van der Waals surface area contributed by atoms with Crippen molar-refractivity contribution in [3.05, 3.63) is 53.1 Å². The van der Waals surface area contributed by atoms with Gasteiger partial charge in [-0.15, -0.1) is 0 Å². The molecule has 0 unspecified atom stereocenters. The first kappa shape index (κ1) is 19.5. The fourth-order valence-electron chi connectivity index (χ4n) is 2.67. The first-order valence-electron chi connectivity index (χ1n) is 8.97. The van der Waals surface area contributed by atoms with E-state index >= 15 is 0 Å². The fraction of sp³-hybridized carbons (Fsp3) is 0.333. The van der Waals surface area contributed by atoms with E-state index in [1.54, 1.807) is 0 Å². The fourth-order valence-corrected chi connectivity index (χ4v) is 2.67. The Bertz CT molecular complexity index is 800. The Balaban J connectivity index is 2.02. The number of nitrogens with one attached hydrogen (secondary N) is 3. The third-order valence-electron chi connectivity index (χ3n) is 4.29. The Morgan fingerprint density at radius 3 is 2.38 bits per heavy atom. The van der Waals surface area contributed by atoms with Crippen molar-refractivity contribution in [2.75, 3.05) is 22.5 Å². The van der Waals surface area contributed by atoms with Crippen LogP contribution in [0.15, 0.2) is 36.4 Å². The number of hydrogen-bond acceptors (Lipinski definition) is 3. The first-order chi connectivity index (χ1) is 12.4. The summed E-state index contributed by atoms with van der Waals surface area (Å²) < 4.78 is 0. The van der Waals surface area contributed by atoms with Gasteiger partial charge in [-0.3, -0.25) is 9.59 Å². The number of carbonyl (C=O) groups excluding carboxylic acids is 2. The predicted octanol–water partition coefficient (Wildman–Crippen LogP) is 4.26. The maximum absolute atomic E-state index is 12.3. The van der Waals surface area contributed by atoms with Crippen molar-refractivity contribution in [1.82, 2.24) is 0 Å². The summed E-state index contributed by atoms with van der Waals surface area (Å²) in [5.41, 5.74) is 5.60. The lowest BCUT2D eigenvalue weighted by Crippen LogP contribution is -2.23. The van der Waals surface area contributed by atoms with Gasteiger partial charge in [-0.2, -0.15) is 0 Å². The Kier molecular flexibility index (Phi) is 6.78. The lowest BCUT2D eigenvalue weighted by atomic mass is 10.1. The molecule has 26 heavy (non-hydrogen) atoms. The minimum Gasteiger partial charge on any atom is -0.376 e. The maximum Gasteiger partial charge on any atom is 0.243 e. The van der Waals surface area contributed by atoms with Crippen LogP contribution >= 0.6 is 0 Å². The zero-order valence-electron chi connectivity index (χ0n) is 15.9. The topological polar surface area (TPSA) is 70.2 Å². The van der Waals surface area contributed by atoms with Gasteiger partial charge < -0.3 is 16.0 Å². The zero-order chi connectivity index (χ0) is 19.1. The summed E-state index contributed by atoms with van der Waals surface area (Å²) in [5, 5.41) is 8.98. The molecule has 0 bridgehead atoms. The van der Waals surface area contributed by atoms with Crippen molar-refractivity contribution < 1.29 is 9.59 Å². The second-order valence-corrected chi connectivity index (χ2v) is 6.30. The molecule has 0 aliphatic carbocycles. The summed E-state index contributed by atoms with van der Waals surface area (Å²) >= 11 is 0. The lowest BCUT2D eigenvalue weighted by Gasteiger charge is -2.14. The van der Waals surface area contributed by atoms with Crippen LogP contribution in [0.2, 0.25) is 0 Å². The molecule has 3 N–H and O–H groups in total. The predicted molar refractivity (Wildman–Crippen MR) is 108 cm³/mol. The van der Waals surface area contributed by atoms with E-state index in [-0.39, 0.29) is 18.4 Å². The number of carbonyl (C=O) groups is 2. The second-order valence-electron chi connectivity index (χ2n) is 6.30. The quantitative estimate of drug-likeness (QED) is 0.696.